The van der Waals surface area contributed by atoms with Gasteiger partial charge >= 0.3 is 0 Å². The number of amides is 1. The van der Waals surface area contributed by atoms with Crippen molar-refractivity contribution in [3.05, 3.63) is 18.3 Å². The van der Waals surface area contributed by atoms with E-state index in [9.17, 15) is 4.79 Å². The second-order valence-corrected chi connectivity index (χ2v) is 5.26. The molecule has 18 heavy (non-hydrogen) atoms. The molecule has 0 radical (unpaired) electrons. The Hall–Kier alpha value is -1.78. The summed E-state index contributed by atoms with van der Waals surface area (Å²) < 4.78 is 0. The maximum absolute atomic E-state index is 11.6. The number of nitrogen functional groups attached to an aromatic ring is 1. The lowest BCUT2D eigenvalue weighted by Crippen LogP contribution is -2.35. The lowest BCUT2D eigenvalue weighted by molar-refractivity contribution is -0.128. The minimum absolute atomic E-state index is 0.0770. The molecule has 0 saturated carbocycles. The van der Waals surface area contributed by atoms with E-state index in [1.165, 1.54) is 0 Å². The van der Waals surface area contributed by atoms with Crippen LogP contribution in [-0.4, -0.2) is 24.0 Å². The topological polar surface area (TPSA) is 80.0 Å². The molecular formula is C13H22N4O. The van der Waals surface area contributed by atoms with Crippen LogP contribution in [-0.2, 0) is 4.79 Å². The second kappa shape index (κ2) is 6.23. The summed E-state index contributed by atoms with van der Waals surface area (Å²) >= 11 is 0. The van der Waals surface area contributed by atoms with Crippen LogP contribution in [0, 0.1) is 5.41 Å². The third-order valence-electron chi connectivity index (χ3n) is 2.41. The van der Waals surface area contributed by atoms with Crippen LogP contribution in [0.25, 0.3) is 0 Å². The van der Waals surface area contributed by atoms with Gasteiger partial charge in [0.1, 0.15) is 5.82 Å². The fourth-order valence-electron chi connectivity index (χ4n) is 1.28. The van der Waals surface area contributed by atoms with Crippen LogP contribution >= 0.6 is 0 Å². The fourth-order valence-corrected chi connectivity index (χ4v) is 1.28. The van der Waals surface area contributed by atoms with E-state index in [4.69, 9.17) is 5.73 Å². The standard InChI is InChI=1S/C13H22N4O/c1-13(2,3)12(18)16-8-4-7-15-11-6-5-10(14)9-17-11/h5-6,9H,4,7-8,14H2,1-3H3,(H,15,17)(H,16,18). The van der Waals surface area contributed by atoms with Gasteiger partial charge in [-0.15, -0.1) is 0 Å². The van der Waals surface area contributed by atoms with Crippen molar-refractivity contribution in [3.63, 3.8) is 0 Å². The molecule has 0 aliphatic rings. The highest BCUT2D eigenvalue weighted by molar-refractivity contribution is 5.81. The predicted octanol–water partition coefficient (Wildman–Crippen LogP) is 1.63. The minimum Gasteiger partial charge on any atom is -0.397 e. The van der Waals surface area contributed by atoms with Crippen molar-refractivity contribution in [2.45, 2.75) is 27.2 Å². The smallest absolute Gasteiger partial charge is 0.225 e. The summed E-state index contributed by atoms with van der Waals surface area (Å²) in [5.74, 6) is 0.874. The molecule has 0 aliphatic heterocycles. The molecule has 1 heterocycles. The molecule has 0 saturated heterocycles. The Kier molecular flexibility index (Phi) is 4.95. The molecule has 0 aliphatic carbocycles. The molecule has 5 nitrogen and oxygen atoms in total. The van der Waals surface area contributed by atoms with Crippen LogP contribution in [0.3, 0.4) is 0 Å². The van der Waals surface area contributed by atoms with Crippen molar-refractivity contribution in [3.8, 4) is 0 Å². The van der Waals surface area contributed by atoms with Crippen molar-refractivity contribution >= 4 is 17.4 Å². The number of nitrogens with one attached hydrogen (secondary N) is 2. The summed E-state index contributed by atoms with van der Waals surface area (Å²) in [6.07, 6.45) is 2.47. The molecule has 0 atom stereocenters. The molecule has 0 unspecified atom stereocenters. The number of hydrogen-bond acceptors (Lipinski definition) is 4. The van der Waals surface area contributed by atoms with Gasteiger partial charge in [0.25, 0.3) is 0 Å². The summed E-state index contributed by atoms with van der Waals surface area (Å²) in [4.78, 5) is 15.7. The number of pyridine rings is 1. The van der Waals surface area contributed by atoms with Gasteiger partial charge in [0.15, 0.2) is 0 Å². The predicted molar refractivity (Wildman–Crippen MR) is 74.2 cm³/mol. The van der Waals surface area contributed by atoms with Crippen LogP contribution in [0.1, 0.15) is 27.2 Å². The van der Waals surface area contributed by atoms with Gasteiger partial charge in [-0.1, -0.05) is 20.8 Å². The summed E-state index contributed by atoms with van der Waals surface area (Å²) in [5, 5.41) is 6.07. The van der Waals surface area contributed by atoms with E-state index < -0.39 is 0 Å². The van der Waals surface area contributed by atoms with E-state index >= 15 is 0 Å². The normalized spacial score (nSPS) is 11.1. The molecule has 0 fully saturated rings. The van der Waals surface area contributed by atoms with E-state index in [1.54, 1.807) is 12.3 Å². The minimum atomic E-state index is -0.327. The van der Waals surface area contributed by atoms with Crippen molar-refractivity contribution in [2.75, 3.05) is 24.1 Å². The number of rotatable bonds is 5. The first-order valence-corrected chi connectivity index (χ1v) is 6.13. The van der Waals surface area contributed by atoms with Gasteiger partial charge in [-0.05, 0) is 18.6 Å². The van der Waals surface area contributed by atoms with Crippen LogP contribution in [0.4, 0.5) is 11.5 Å². The Morgan fingerprint density at radius 1 is 1.33 bits per heavy atom. The highest BCUT2D eigenvalue weighted by Gasteiger charge is 2.19. The number of carbonyl (C=O) groups is 1. The SMILES string of the molecule is CC(C)(C)C(=O)NCCCNc1ccc(N)cn1. The Bertz CT molecular complexity index is 381. The number of nitrogens with zero attached hydrogens (tertiary/aromatic N) is 1. The average Bonchev–Trinajstić information content (AvgIpc) is 2.29. The van der Waals surface area contributed by atoms with Crippen molar-refractivity contribution in [1.82, 2.24) is 10.3 Å². The van der Waals surface area contributed by atoms with E-state index in [-0.39, 0.29) is 11.3 Å². The molecular weight excluding hydrogens is 228 g/mol. The van der Waals surface area contributed by atoms with Crippen LogP contribution in [0.5, 0.6) is 0 Å². The zero-order valence-electron chi connectivity index (χ0n) is 11.3. The van der Waals surface area contributed by atoms with Gasteiger partial charge in [0.2, 0.25) is 5.91 Å². The monoisotopic (exact) mass is 250 g/mol. The van der Waals surface area contributed by atoms with Gasteiger partial charge < -0.3 is 16.4 Å². The summed E-state index contributed by atoms with van der Waals surface area (Å²) in [7, 11) is 0. The molecule has 1 aromatic heterocycles. The van der Waals surface area contributed by atoms with Gasteiger partial charge in [-0.2, -0.15) is 0 Å². The van der Waals surface area contributed by atoms with Gasteiger partial charge in [0.05, 0.1) is 11.9 Å². The number of hydrogen-bond donors (Lipinski definition) is 3. The average molecular weight is 250 g/mol. The van der Waals surface area contributed by atoms with E-state index in [0.717, 1.165) is 18.8 Å². The fraction of sp³-hybridized carbons (Fsp3) is 0.538. The Labute approximate surface area is 108 Å². The third kappa shape index (κ3) is 5.03. The molecule has 5 heteroatoms. The lowest BCUT2D eigenvalue weighted by Gasteiger charge is -2.17. The van der Waals surface area contributed by atoms with E-state index in [1.807, 2.05) is 26.8 Å². The van der Waals surface area contributed by atoms with Crippen molar-refractivity contribution in [1.29, 1.82) is 0 Å². The highest BCUT2D eigenvalue weighted by atomic mass is 16.2. The van der Waals surface area contributed by atoms with Crippen molar-refractivity contribution in [2.24, 2.45) is 5.41 Å². The first-order valence-electron chi connectivity index (χ1n) is 6.13. The molecule has 4 N–H and O–H groups in total. The first kappa shape index (κ1) is 14.3. The molecule has 100 valence electrons. The first-order chi connectivity index (χ1) is 8.39. The number of aromatic nitrogens is 1. The van der Waals surface area contributed by atoms with Gasteiger partial charge in [-0.25, -0.2) is 4.98 Å². The highest BCUT2D eigenvalue weighted by Crippen LogP contribution is 2.12. The molecule has 1 aromatic rings. The lowest BCUT2D eigenvalue weighted by atomic mass is 9.96. The maximum Gasteiger partial charge on any atom is 0.225 e. The maximum atomic E-state index is 11.6. The van der Waals surface area contributed by atoms with Crippen LogP contribution in [0.2, 0.25) is 0 Å². The molecule has 0 spiro atoms. The third-order valence-corrected chi connectivity index (χ3v) is 2.41. The molecule has 0 bridgehead atoms. The molecule has 1 rings (SSSR count). The number of carbonyl (C=O) groups excluding carboxylic acids is 1. The summed E-state index contributed by atoms with van der Waals surface area (Å²) in [6, 6.07) is 3.64. The molecule has 1 amide bonds. The Balaban J connectivity index is 2.16. The van der Waals surface area contributed by atoms with Crippen molar-refractivity contribution < 1.29 is 4.79 Å². The number of anilines is 2. The number of nitrogens with two attached hydrogens (primary N) is 1. The molecule has 0 aromatic carbocycles. The Morgan fingerprint density at radius 3 is 2.61 bits per heavy atom. The van der Waals surface area contributed by atoms with Crippen LogP contribution in [0.15, 0.2) is 18.3 Å². The van der Waals surface area contributed by atoms with E-state index in [2.05, 4.69) is 15.6 Å². The van der Waals surface area contributed by atoms with Gasteiger partial charge in [-0.3, -0.25) is 4.79 Å². The zero-order valence-corrected chi connectivity index (χ0v) is 11.3. The van der Waals surface area contributed by atoms with Gasteiger partial charge in [0, 0.05) is 18.5 Å². The van der Waals surface area contributed by atoms with Crippen LogP contribution < -0.4 is 16.4 Å². The quantitative estimate of drug-likeness (QED) is 0.694. The summed E-state index contributed by atoms with van der Waals surface area (Å²) in [6.45, 7) is 7.13. The zero-order chi connectivity index (χ0) is 13.6. The largest absolute Gasteiger partial charge is 0.397 e. The van der Waals surface area contributed by atoms with E-state index in [0.29, 0.717) is 12.2 Å². The summed E-state index contributed by atoms with van der Waals surface area (Å²) in [5.41, 5.74) is 5.86. The Morgan fingerprint density at radius 2 is 2.06 bits per heavy atom. The second-order valence-electron chi connectivity index (χ2n) is 5.26.